The molecule has 23 heavy (non-hydrogen) atoms. The summed E-state index contributed by atoms with van der Waals surface area (Å²) >= 11 is 0. The van der Waals surface area contributed by atoms with Crippen LogP contribution in [0.4, 0.5) is 4.79 Å². The molecule has 5 N–H and O–H groups in total. The largest absolute Gasteiger partial charge is 0.352 e. The lowest BCUT2D eigenvalue weighted by molar-refractivity contribution is -0.123. The van der Waals surface area contributed by atoms with E-state index in [1.54, 1.807) is 26.0 Å². The van der Waals surface area contributed by atoms with Crippen LogP contribution in [0.25, 0.3) is 0 Å². The SMILES string of the molecule is CC(N)CC(=O)NCc1ccc(C2(C)NC(=O)NC2=O)cc1.Cl. The standard InChI is InChI=1S/C15H20N4O3.ClH/c1-9(16)7-12(20)17-8-10-3-5-11(6-4-10)15(2)13(21)18-14(22)19-15;/h3-6,9H,7-8,16H2,1-2H3,(H,17,20)(H2,18,19,21,22);1H. The van der Waals surface area contributed by atoms with Gasteiger partial charge in [-0.05, 0) is 25.0 Å². The molecule has 1 aliphatic heterocycles. The molecule has 0 bridgehead atoms. The number of benzene rings is 1. The molecular formula is C15H21ClN4O3. The Morgan fingerprint density at radius 3 is 2.39 bits per heavy atom. The first kappa shape index (κ1) is 18.9. The maximum absolute atomic E-state index is 11.8. The van der Waals surface area contributed by atoms with Crippen LogP contribution in [0.1, 0.15) is 31.4 Å². The lowest BCUT2D eigenvalue weighted by atomic mass is 9.91. The van der Waals surface area contributed by atoms with Gasteiger partial charge in [0.2, 0.25) is 5.91 Å². The highest BCUT2D eigenvalue weighted by Gasteiger charge is 2.43. The molecule has 0 saturated carbocycles. The predicted molar refractivity (Wildman–Crippen MR) is 87.8 cm³/mol. The Balaban J connectivity index is 0.00000264. The third-order valence-corrected chi connectivity index (χ3v) is 3.57. The van der Waals surface area contributed by atoms with Crippen molar-refractivity contribution in [1.82, 2.24) is 16.0 Å². The van der Waals surface area contributed by atoms with Crippen LogP contribution in [0.15, 0.2) is 24.3 Å². The summed E-state index contributed by atoms with van der Waals surface area (Å²) in [6, 6.07) is 6.47. The number of urea groups is 1. The molecule has 0 spiro atoms. The molecule has 1 saturated heterocycles. The molecule has 0 aromatic heterocycles. The maximum atomic E-state index is 11.8. The first-order valence-corrected chi connectivity index (χ1v) is 7.06. The van der Waals surface area contributed by atoms with Gasteiger partial charge in [-0.25, -0.2) is 4.79 Å². The minimum atomic E-state index is -1.06. The summed E-state index contributed by atoms with van der Waals surface area (Å²) in [4.78, 5) is 34.7. The van der Waals surface area contributed by atoms with Gasteiger partial charge in [-0.1, -0.05) is 24.3 Å². The number of carbonyl (C=O) groups excluding carboxylic acids is 3. The van der Waals surface area contributed by atoms with Crippen LogP contribution in [0.2, 0.25) is 0 Å². The van der Waals surface area contributed by atoms with Crippen LogP contribution in [0, 0.1) is 0 Å². The highest BCUT2D eigenvalue weighted by Crippen LogP contribution is 2.24. The van der Waals surface area contributed by atoms with E-state index in [1.807, 2.05) is 12.1 Å². The van der Waals surface area contributed by atoms with Crippen LogP contribution < -0.4 is 21.7 Å². The molecule has 0 aliphatic carbocycles. The van der Waals surface area contributed by atoms with Gasteiger partial charge in [0.15, 0.2) is 0 Å². The Morgan fingerprint density at radius 2 is 1.91 bits per heavy atom. The normalized spacial score (nSPS) is 21.0. The van der Waals surface area contributed by atoms with E-state index in [2.05, 4.69) is 16.0 Å². The van der Waals surface area contributed by atoms with Crippen molar-refractivity contribution in [2.24, 2.45) is 5.73 Å². The van der Waals surface area contributed by atoms with Crippen molar-refractivity contribution in [1.29, 1.82) is 0 Å². The van der Waals surface area contributed by atoms with Gasteiger partial charge in [0.1, 0.15) is 5.54 Å². The highest BCUT2D eigenvalue weighted by atomic mass is 35.5. The fourth-order valence-electron chi connectivity index (χ4n) is 2.27. The lowest BCUT2D eigenvalue weighted by Crippen LogP contribution is -2.40. The summed E-state index contributed by atoms with van der Waals surface area (Å²) in [6.45, 7) is 3.81. The van der Waals surface area contributed by atoms with Crippen LogP contribution in [0.5, 0.6) is 0 Å². The minimum absolute atomic E-state index is 0. The molecule has 7 nitrogen and oxygen atoms in total. The van der Waals surface area contributed by atoms with E-state index in [0.717, 1.165) is 5.56 Å². The zero-order valence-corrected chi connectivity index (χ0v) is 13.8. The number of hydrogen-bond acceptors (Lipinski definition) is 4. The zero-order valence-electron chi connectivity index (χ0n) is 13.0. The summed E-state index contributed by atoms with van der Waals surface area (Å²) < 4.78 is 0. The first-order chi connectivity index (χ1) is 10.3. The van der Waals surface area contributed by atoms with Crippen molar-refractivity contribution in [3.63, 3.8) is 0 Å². The van der Waals surface area contributed by atoms with Crippen molar-refractivity contribution in [3.05, 3.63) is 35.4 Å². The molecule has 1 aromatic carbocycles. The van der Waals surface area contributed by atoms with E-state index in [0.29, 0.717) is 12.1 Å². The number of imide groups is 1. The quantitative estimate of drug-likeness (QED) is 0.585. The summed E-state index contributed by atoms with van der Waals surface area (Å²) in [7, 11) is 0. The van der Waals surface area contributed by atoms with E-state index in [1.165, 1.54) is 0 Å². The van der Waals surface area contributed by atoms with E-state index in [9.17, 15) is 14.4 Å². The van der Waals surface area contributed by atoms with Gasteiger partial charge in [0.25, 0.3) is 5.91 Å². The second-order valence-electron chi connectivity index (χ2n) is 5.69. The molecule has 2 rings (SSSR count). The number of carbonyl (C=O) groups is 3. The average Bonchev–Trinajstić information content (AvgIpc) is 2.70. The van der Waals surface area contributed by atoms with Gasteiger partial charge in [-0.2, -0.15) is 0 Å². The number of rotatable bonds is 5. The van der Waals surface area contributed by atoms with E-state index in [-0.39, 0.29) is 36.7 Å². The fourth-order valence-corrected chi connectivity index (χ4v) is 2.27. The Hall–Kier alpha value is -2.12. The summed E-state index contributed by atoms with van der Waals surface area (Å²) in [5.74, 6) is -0.482. The molecule has 2 unspecified atom stereocenters. The molecule has 1 heterocycles. The Morgan fingerprint density at radius 1 is 1.30 bits per heavy atom. The van der Waals surface area contributed by atoms with E-state index in [4.69, 9.17) is 5.73 Å². The van der Waals surface area contributed by atoms with Gasteiger partial charge in [0, 0.05) is 19.0 Å². The predicted octanol–water partition coefficient (Wildman–Crippen LogP) is 0.517. The number of nitrogens with one attached hydrogen (secondary N) is 3. The van der Waals surface area contributed by atoms with Crippen molar-refractivity contribution in [3.8, 4) is 0 Å². The molecular weight excluding hydrogens is 320 g/mol. The van der Waals surface area contributed by atoms with Crippen LogP contribution in [-0.4, -0.2) is 23.9 Å². The second-order valence-corrected chi connectivity index (χ2v) is 5.69. The third kappa shape index (κ3) is 4.43. The van der Waals surface area contributed by atoms with Crippen molar-refractivity contribution in [2.45, 2.75) is 38.4 Å². The third-order valence-electron chi connectivity index (χ3n) is 3.57. The number of amides is 4. The van der Waals surface area contributed by atoms with Gasteiger partial charge in [-0.3, -0.25) is 14.9 Å². The van der Waals surface area contributed by atoms with Crippen LogP contribution in [-0.2, 0) is 21.7 Å². The first-order valence-electron chi connectivity index (χ1n) is 7.06. The van der Waals surface area contributed by atoms with Crippen LogP contribution in [0.3, 0.4) is 0 Å². The molecule has 1 aromatic rings. The second kappa shape index (κ2) is 7.43. The molecule has 0 radical (unpaired) electrons. The molecule has 2 atom stereocenters. The lowest BCUT2D eigenvalue weighted by Gasteiger charge is -2.21. The smallest absolute Gasteiger partial charge is 0.322 e. The van der Waals surface area contributed by atoms with Crippen LogP contribution >= 0.6 is 12.4 Å². The molecule has 1 fully saturated rings. The van der Waals surface area contributed by atoms with Gasteiger partial charge >= 0.3 is 6.03 Å². The van der Waals surface area contributed by atoms with Gasteiger partial charge < -0.3 is 16.4 Å². The average molecular weight is 341 g/mol. The molecule has 1 aliphatic rings. The summed E-state index contributed by atoms with van der Waals surface area (Å²) in [6.07, 6.45) is 0.280. The Bertz CT molecular complexity index is 603. The number of nitrogens with two attached hydrogens (primary N) is 1. The minimum Gasteiger partial charge on any atom is -0.352 e. The maximum Gasteiger partial charge on any atom is 0.322 e. The number of hydrogen-bond donors (Lipinski definition) is 4. The van der Waals surface area contributed by atoms with E-state index >= 15 is 0 Å². The molecule has 4 amide bonds. The van der Waals surface area contributed by atoms with Crippen molar-refractivity contribution < 1.29 is 14.4 Å². The zero-order chi connectivity index (χ0) is 16.3. The van der Waals surface area contributed by atoms with Crippen molar-refractivity contribution >= 4 is 30.3 Å². The fraction of sp³-hybridized carbons (Fsp3) is 0.400. The summed E-state index contributed by atoms with van der Waals surface area (Å²) in [5, 5.41) is 7.60. The molecule has 8 heteroatoms. The van der Waals surface area contributed by atoms with Gasteiger partial charge in [-0.15, -0.1) is 12.4 Å². The Kier molecular flexibility index (Phi) is 6.12. The highest BCUT2D eigenvalue weighted by molar-refractivity contribution is 6.07. The van der Waals surface area contributed by atoms with Crippen molar-refractivity contribution in [2.75, 3.05) is 0 Å². The molecule has 126 valence electrons. The van der Waals surface area contributed by atoms with E-state index < -0.39 is 11.6 Å². The number of halogens is 1. The topological polar surface area (TPSA) is 113 Å². The monoisotopic (exact) mass is 340 g/mol. The Labute approximate surface area is 140 Å². The summed E-state index contributed by atoms with van der Waals surface area (Å²) in [5.41, 5.74) is 6.08. The van der Waals surface area contributed by atoms with Gasteiger partial charge in [0.05, 0.1) is 0 Å².